The number of carbonyl (C=O) groups is 1. The topological polar surface area (TPSA) is 39.2 Å². The van der Waals surface area contributed by atoms with Gasteiger partial charge in [0.05, 0.1) is 19.2 Å². The normalized spacial score (nSPS) is 9.93. The summed E-state index contributed by atoms with van der Waals surface area (Å²) in [6.45, 7) is 2.06. The molecule has 0 atom stereocenters. The van der Waals surface area contributed by atoms with Crippen molar-refractivity contribution < 1.29 is 13.9 Å². The zero-order chi connectivity index (χ0) is 10.6. The maximum Gasteiger partial charge on any atom is 0.310 e. The summed E-state index contributed by atoms with van der Waals surface area (Å²) in [4.78, 5) is 14.9. The molecule has 0 spiro atoms. The van der Waals surface area contributed by atoms with E-state index in [0.29, 0.717) is 15.9 Å². The molecule has 0 bridgehead atoms. The Balaban J connectivity index is 2.75. The molecule has 0 aromatic carbocycles. The van der Waals surface area contributed by atoms with E-state index in [0.717, 1.165) is 6.20 Å². The van der Waals surface area contributed by atoms with E-state index in [-0.39, 0.29) is 12.4 Å². The van der Waals surface area contributed by atoms with Gasteiger partial charge in [0.15, 0.2) is 0 Å². The van der Waals surface area contributed by atoms with Crippen molar-refractivity contribution in [2.45, 2.75) is 13.3 Å². The minimum absolute atomic E-state index is 0.0663. The van der Waals surface area contributed by atoms with Crippen molar-refractivity contribution >= 4 is 28.6 Å². The minimum Gasteiger partial charge on any atom is -0.466 e. The lowest BCUT2D eigenvalue weighted by Gasteiger charge is -2.03. The van der Waals surface area contributed by atoms with Gasteiger partial charge in [-0.2, -0.15) is 0 Å². The molecule has 1 heterocycles. The second kappa shape index (κ2) is 5.23. The summed E-state index contributed by atoms with van der Waals surface area (Å²) in [5, 5.41) is 0. The van der Waals surface area contributed by atoms with Gasteiger partial charge in [0.1, 0.15) is 9.52 Å². The van der Waals surface area contributed by atoms with Gasteiger partial charge in [-0.3, -0.25) is 4.79 Å². The van der Waals surface area contributed by atoms with Crippen LogP contribution < -0.4 is 0 Å². The van der Waals surface area contributed by atoms with E-state index in [9.17, 15) is 9.18 Å². The quantitative estimate of drug-likeness (QED) is 0.486. The lowest BCUT2D eigenvalue weighted by Crippen LogP contribution is -2.09. The van der Waals surface area contributed by atoms with Gasteiger partial charge in [-0.25, -0.2) is 9.37 Å². The summed E-state index contributed by atoms with van der Waals surface area (Å²) >= 11 is 1.95. The molecule has 0 N–H and O–H groups in total. The van der Waals surface area contributed by atoms with E-state index >= 15 is 0 Å². The van der Waals surface area contributed by atoms with Crippen molar-refractivity contribution in [2.75, 3.05) is 6.61 Å². The van der Waals surface area contributed by atoms with E-state index in [1.165, 1.54) is 6.07 Å². The summed E-state index contributed by atoms with van der Waals surface area (Å²) in [5.41, 5.74) is 0.559. The van der Waals surface area contributed by atoms with Crippen LogP contribution in [0.2, 0.25) is 0 Å². The smallest absolute Gasteiger partial charge is 0.310 e. The van der Waals surface area contributed by atoms with Crippen LogP contribution in [0.15, 0.2) is 12.3 Å². The SMILES string of the molecule is CCOC(=O)Cc1cc(F)cnc1I. The molecular weight excluding hydrogens is 300 g/mol. The Bertz CT molecular complexity index is 344. The van der Waals surface area contributed by atoms with Crippen molar-refractivity contribution in [1.82, 2.24) is 4.98 Å². The van der Waals surface area contributed by atoms with Crippen LogP contribution >= 0.6 is 22.6 Å². The standard InChI is InChI=1S/C9H9FINO2/c1-2-14-8(13)4-6-3-7(10)5-12-9(6)11/h3,5H,2,4H2,1H3. The molecule has 0 aliphatic rings. The maximum atomic E-state index is 12.8. The molecule has 0 saturated carbocycles. The predicted octanol–water partition coefficient (Wildman–Crippen LogP) is 1.93. The number of esters is 1. The zero-order valence-corrected chi connectivity index (χ0v) is 9.75. The summed E-state index contributed by atoms with van der Waals surface area (Å²) in [6.07, 6.45) is 1.19. The summed E-state index contributed by atoms with van der Waals surface area (Å²) in [7, 11) is 0. The summed E-state index contributed by atoms with van der Waals surface area (Å²) in [5.74, 6) is -0.803. The van der Waals surface area contributed by atoms with Crippen molar-refractivity contribution in [3.05, 3.63) is 27.3 Å². The Morgan fingerprint density at radius 3 is 3.07 bits per heavy atom. The third-order valence-electron chi connectivity index (χ3n) is 1.52. The highest BCUT2D eigenvalue weighted by atomic mass is 127. The van der Waals surface area contributed by atoms with Crippen molar-refractivity contribution in [1.29, 1.82) is 0 Å². The zero-order valence-electron chi connectivity index (χ0n) is 7.59. The number of hydrogen-bond donors (Lipinski definition) is 0. The lowest BCUT2D eigenvalue weighted by atomic mass is 10.2. The molecule has 5 heteroatoms. The number of nitrogens with zero attached hydrogens (tertiary/aromatic N) is 1. The first-order valence-electron chi connectivity index (χ1n) is 4.09. The van der Waals surface area contributed by atoms with Crippen molar-refractivity contribution in [2.24, 2.45) is 0 Å². The lowest BCUT2D eigenvalue weighted by molar-refractivity contribution is -0.142. The molecule has 1 aromatic heterocycles. The third-order valence-corrected chi connectivity index (χ3v) is 2.49. The van der Waals surface area contributed by atoms with Gasteiger partial charge in [0.25, 0.3) is 0 Å². The van der Waals surface area contributed by atoms with E-state index < -0.39 is 5.82 Å². The van der Waals surface area contributed by atoms with Gasteiger partial charge in [-0.15, -0.1) is 0 Å². The molecule has 0 fully saturated rings. The predicted molar refractivity (Wildman–Crippen MR) is 57.2 cm³/mol. The number of pyridine rings is 1. The fourth-order valence-electron chi connectivity index (χ4n) is 0.956. The second-order valence-corrected chi connectivity index (χ2v) is 3.61. The molecule has 1 aromatic rings. The van der Waals surface area contributed by atoms with Gasteiger partial charge in [0.2, 0.25) is 0 Å². The first-order valence-corrected chi connectivity index (χ1v) is 5.17. The van der Waals surface area contributed by atoms with Crippen LogP contribution in [0.25, 0.3) is 0 Å². The monoisotopic (exact) mass is 309 g/mol. The fourth-order valence-corrected chi connectivity index (χ4v) is 1.44. The number of halogens is 2. The molecule has 0 amide bonds. The third kappa shape index (κ3) is 3.21. The summed E-state index contributed by atoms with van der Waals surface area (Å²) in [6, 6.07) is 1.30. The number of carbonyl (C=O) groups excluding carboxylic acids is 1. The van der Waals surface area contributed by atoms with E-state index in [4.69, 9.17) is 4.74 Å². The van der Waals surface area contributed by atoms with E-state index in [2.05, 4.69) is 4.98 Å². The van der Waals surface area contributed by atoms with Gasteiger partial charge in [-0.05, 0) is 41.1 Å². The number of rotatable bonds is 3. The highest BCUT2D eigenvalue weighted by Crippen LogP contribution is 2.11. The van der Waals surface area contributed by atoms with Gasteiger partial charge >= 0.3 is 5.97 Å². The Kier molecular flexibility index (Phi) is 4.24. The minimum atomic E-state index is -0.440. The van der Waals surface area contributed by atoms with Gasteiger partial charge < -0.3 is 4.74 Å². The van der Waals surface area contributed by atoms with Crippen LogP contribution in [-0.2, 0) is 16.0 Å². The molecule has 3 nitrogen and oxygen atoms in total. The molecule has 0 aliphatic heterocycles. The first-order chi connectivity index (χ1) is 6.63. The Labute approximate surface area is 94.8 Å². The summed E-state index contributed by atoms with van der Waals surface area (Å²) < 4.78 is 18.1. The molecule has 0 unspecified atom stereocenters. The Morgan fingerprint density at radius 2 is 2.43 bits per heavy atom. The highest BCUT2D eigenvalue weighted by Gasteiger charge is 2.09. The molecule has 1 rings (SSSR count). The van der Waals surface area contributed by atoms with Crippen LogP contribution in [0.1, 0.15) is 12.5 Å². The van der Waals surface area contributed by atoms with E-state index in [1.807, 2.05) is 22.6 Å². The molecular formula is C9H9FINO2. The van der Waals surface area contributed by atoms with Crippen LogP contribution in [0.3, 0.4) is 0 Å². The van der Waals surface area contributed by atoms with Gasteiger partial charge in [-0.1, -0.05) is 0 Å². The van der Waals surface area contributed by atoms with Crippen LogP contribution in [0, 0.1) is 9.52 Å². The van der Waals surface area contributed by atoms with Crippen molar-refractivity contribution in [3.8, 4) is 0 Å². The second-order valence-electron chi connectivity index (χ2n) is 2.59. The maximum absolute atomic E-state index is 12.8. The first kappa shape index (κ1) is 11.4. The number of ether oxygens (including phenoxy) is 1. The number of hydrogen-bond acceptors (Lipinski definition) is 3. The van der Waals surface area contributed by atoms with Crippen molar-refractivity contribution in [3.63, 3.8) is 0 Å². The van der Waals surface area contributed by atoms with Crippen LogP contribution in [0.5, 0.6) is 0 Å². The molecule has 0 aliphatic carbocycles. The highest BCUT2D eigenvalue weighted by molar-refractivity contribution is 14.1. The Morgan fingerprint density at radius 1 is 1.71 bits per heavy atom. The fraction of sp³-hybridized carbons (Fsp3) is 0.333. The van der Waals surface area contributed by atoms with Gasteiger partial charge in [0, 0.05) is 0 Å². The average Bonchev–Trinajstić information content (AvgIpc) is 2.12. The van der Waals surface area contributed by atoms with E-state index in [1.54, 1.807) is 6.92 Å². The molecule has 0 saturated heterocycles. The molecule has 0 radical (unpaired) electrons. The largest absolute Gasteiger partial charge is 0.466 e. The average molecular weight is 309 g/mol. The van der Waals surface area contributed by atoms with Crippen LogP contribution in [0.4, 0.5) is 4.39 Å². The van der Waals surface area contributed by atoms with Crippen LogP contribution in [-0.4, -0.2) is 17.6 Å². The molecule has 76 valence electrons. The Hall–Kier alpha value is -0.720. The molecule has 14 heavy (non-hydrogen) atoms. The number of aromatic nitrogens is 1.